The van der Waals surface area contributed by atoms with Crippen molar-refractivity contribution in [3.05, 3.63) is 70.8 Å². The predicted octanol–water partition coefficient (Wildman–Crippen LogP) is 3.43. The van der Waals surface area contributed by atoms with E-state index in [1.807, 2.05) is 41.3 Å². The lowest BCUT2D eigenvalue weighted by Gasteiger charge is -2.40. The second kappa shape index (κ2) is 6.55. The quantitative estimate of drug-likeness (QED) is 0.848. The van der Waals surface area contributed by atoms with Crippen LogP contribution in [0.2, 0.25) is 0 Å². The Labute approximate surface area is 138 Å². The fraction of sp³-hybridized carbons (Fsp3) is 0.350. The number of hydrogen-bond donors (Lipinski definition) is 0. The Balaban J connectivity index is 1.91. The number of aryl methyl sites for hydroxylation is 2. The lowest BCUT2D eigenvalue weighted by atomic mass is 10.00. The molecule has 0 aromatic heterocycles. The van der Waals surface area contributed by atoms with Crippen LogP contribution in [0.3, 0.4) is 0 Å². The van der Waals surface area contributed by atoms with Crippen molar-refractivity contribution in [3.8, 4) is 0 Å². The first-order chi connectivity index (χ1) is 11.1. The minimum absolute atomic E-state index is 0.115. The molecule has 120 valence electrons. The van der Waals surface area contributed by atoms with Gasteiger partial charge in [-0.15, -0.1) is 0 Å². The largest absolute Gasteiger partial charge is 0.329 e. The van der Waals surface area contributed by atoms with Gasteiger partial charge in [0.1, 0.15) is 0 Å². The van der Waals surface area contributed by atoms with Gasteiger partial charge in [0.05, 0.1) is 6.04 Å². The lowest BCUT2D eigenvalue weighted by Crippen LogP contribution is -2.49. The van der Waals surface area contributed by atoms with Crippen molar-refractivity contribution in [2.24, 2.45) is 0 Å². The first-order valence-corrected chi connectivity index (χ1v) is 8.18. The molecule has 1 fully saturated rings. The highest BCUT2D eigenvalue weighted by molar-refractivity contribution is 5.95. The predicted molar refractivity (Wildman–Crippen MR) is 93.6 cm³/mol. The second-order valence-corrected chi connectivity index (χ2v) is 6.49. The molecule has 0 spiro atoms. The van der Waals surface area contributed by atoms with Gasteiger partial charge in [-0.1, -0.05) is 36.4 Å². The van der Waals surface area contributed by atoms with Gasteiger partial charge in [0.2, 0.25) is 0 Å². The molecule has 3 heteroatoms. The molecule has 1 amide bonds. The summed E-state index contributed by atoms with van der Waals surface area (Å²) in [5.41, 5.74) is 4.38. The van der Waals surface area contributed by atoms with Crippen LogP contribution in [-0.2, 0) is 0 Å². The molecule has 1 aliphatic heterocycles. The third kappa shape index (κ3) is 3.30. The van der Waals surface area contributed by atoms with Gasteiger partial charge in [0.15, 0.2) is 0 Å². The van der Waals surface area contributed by atoms with Crippen LogP contribution in [0, 0.1) is 13.8 Å². The average Bonchev–Trinajstić information content (AvgIpc) is 2.57. The normalized spacial score (nSPS) is 18.9. The molecule has 3 nitrogen and oxygen atoms in total. The zero-order valence-electron chi connectivity index (χ0n) is 14.1. The molecule has 0 saturated carbocycles. The Morgan fingerprint density at radius 2 is 1.74 bits per heavy atom. The zero-order valence-corrected chi connectivity index (χ0v) is 14.1. The molecule has 1 saturated heterocycles. The fourth-order valence-electron chi connectivity index (χ4n) is 3.16. The van der Waals surface area contributed by atoms with Crippen molar-refractivity contribution < 1.29 is 4.79 Å². The number of carbonyl (C=O) groups excluding carboxylic acids is 1. The molecule has 0 bridgehead atoms. The van der Waals surface area contributed by atoms with Gasteiger partial charge in [-0.3, -0.25) is 4.79 Å². The van der Waals surface area contributed by atoms with Crippen LogP contribution >= 0.6 is 0 Å². The number of piperazine rings is 1. The molecule has 0 aliphatic carbocycles. The number of amides is 1. The third-order valence-electron chi connectivity index (χ3n) is 4.78. The molecule has 23 heavy (non-hydrogen) atoms. The van der Waals surface area contributed by atoms with Crippen molar-refractivity contribution in [2.45, 2.75) is 19.9 Å². The monoisotopic (exact) mass is 308 g/mol. The van der Waals surface area contributed by atoms with E-state index in [0.29, 0.717) is 0 Å². The van der Waals surface area contributed by atoms with E-state index in [4.69, 9.17) is 0 Å². The van der Waals surface area contributed by atoms with Crippen LogP contribution in [0.5, 0.6) is 0 Å². The standard InChI is InChI=1S/C20H24N2O/c1-15-9-10-18(13-16(15)2)20(23)22-12-11-21(3)14-19(22)17-7-5-4-6-8-17/h4-10,13,19H,11-12,14H2,1-3H3. The van der Waals surface area contributed by atoms with Crippen LogP contribution < -0.4 is 0 Å². The van der Waals surface area contributed by atoms with E-state index in [0.717, 1.165) is 25.2 Å². The maximum atomic E-state index is 13.1. The van der Waals surface area contributed by atoms with E-state index in [1.165, 1.54) is 16.7 Å². The van der Waals surface area contributed by atoms with Gasteiger partial charge in [0.25, 0.3) is 5.91 Å². The summed E-state index contributed by atoms with van der Waals surface area (Å²) in [7, 11) is 2.12. The molecule has 2 aromatic carbocycles. The van der Waals surface area contributed by atoms with E-state index in [1.54, 1.807) is 0 Å². The molecule has 1 unspecified atom stereocenters. The van der Waals surface area contributed by atoms with E-state index in [-0.39, 0.29) is 11.9 Å². The molecule has 0 radical (unpaired) electrons. The number of rotatable bonds is 2. The Bertz CT molecular complexity index is 696. The molecule has 2 aromatic rings. The van der Waals surface area contributed by atoms with Crippen molar-refractivity contribution >= 4 is 5.91 Å². The minimum atomic E-state index is 0.115. The van der Waals surface area contributed by atoms with Crippen LogP contribution in [0.25, 0.3) is 0 Å². The third-order valence-corrected chi connectivity index (χ3v) is 4.78. The van der Waals surface area contributed by atoms with Crippen LogP contribution in [0.1, 0.15) is 33.1 Å². The number of nitrogens with zero attached hydrogens (tertiary/aromatic N) is 2. The zero-order chi connectivity index (χ0) is 16.4. The highest BCUT2D eigenvalue weighted by atomic mass is 16.2. The summed E-state index contributed by atoms with van der Waals surface area (Å²) in [6.07, 6.45) is 0. The van der Waals surface area contributed by atoms with Crippen molar-refractivity contribution in [1.82, 2.24) is 9.80 Å². The summed E-state index contributed by atoms with van der Waals surface area (Å²) in [4.78, 5) is 17.4. The van der Waals surface area contributed by atoms with E-state index < -0.39 is 0 Å². The first kappa shape index (κ1) is 15.8. The summed E-state index contributed by atoms with van der Waals surface area (Å²) >= 11 is 0. The van der Waals surface area contributed by atoms with E-state index >= 15 is 0 Å². The van der Waals surface area contributed by atoms with Gasteiger partial charge in [-0.25, -0.2) is 0 Å². The van der Waals surface area contributed by atoms with Gasteiger partial charge in [-0.2, -0.15) is 0 Å². The van der Waals surface area contributed by atoms with Crippen LogP contribution in [-0.4, -0.2) is 42.4 Å². The maximum Gasteiger partial charge on any atom is 0.254 e. The Kier molecular flexibility index (Phi) is 4.49. The summed E-state index contributed by atoms with van der Waals surface area (Å²) in [5, 5.41) is 0. The average molecular weight is 308 g/mol. The first-order valence-electron chi connectivity index (χ1n) is 8.18. The van der Waals surface area contributed by atoms with Gasteiger partial charge in [0, 0.05) is 25.2 Å². The number of benzene rings is 2. The molecule has 3 rings (SSSR count). The maximum absolute atomic E-state index is 13.1. The van der Waals surface area contributed by atoms with Crippen LogP contribution in [0.4, 0.5) is 0 Å². The minimum Gasteiger partial charge on any atom is -0.329 e. The number of likely N-dealkylation sites (N-methyl/N-ethyl adjacent to an activating group) is 1. The summed E-state index contributed by atoms with van der Waals surface area (Å²) in [6.45, 7) is 6.69. The van der Waals surface area contributed by atoms with Gasteiger partial charge in [-0.05, 0) is 49.7 Å². The molecular formula is C20H24N2O. The summed E-state index contributed by atoms with van der Waals surface area (Å²) in [5.74, 6) is 0.134. The number of hydrogen-bond acceptors (Lipinski definition) is 2. The molecule has 0 N–H and O–H groups in total. The Morgan fingerprint density at radius 1 is 1.00 bits per heavy atom. The number of carbonyl (C=O) groups is 1. The highest BCUT2D eigenvalue weighted by Crippen LogP contribution is 2.27. The van der Waals surface area contributed by atoms with Crippen molar-refractivity contribution in [3.63, 3.8) is 0 Å². The van der Waals surface area contributed by atoms with E-state index in [2.05, 4.69) is 37.9 Å². The summed E-state index contributed by atoms with van der Waals surface area (Å²) < 4.78 is 0. The van der Waals surface area contributed by atoms with Crippen molar-refractivity contribution in [2.75, 3.05) is 26.7 Å². The molecule has 1 atom stereocenters. The Hall–Kier alpha value is -2.13. The lowest BCUT2D eigenvalue weighted by molar-refractivity contribution is 0.0498. The van der Waals surface area contributed by atoms with Gasteiger partial charge < -0.3 is 9.80 Å². The fourth-order valence-corrected chi connectivity index (χ4v) is 3.16. The topological polar surface area (TPSA) is 23.6 Å². The molecule has 1 heterocycles. The SMILES string of the molecule is Cc1ccc(C(=O)N2CCN(C)CC2c2ccccc2)cc1C. The van der Waals surface area contributed by atoms with E-state index in [9.17, 15) is 4.79 Å². The Morgan fingerprint density at radius 3 is 2.43 bits per heavy atom. The summed E-state index contributed by atoms with van der Waals surface area (Å²) in [6, 6.07) is 16.5. The van der Waals surface area contributed by atoms with Gasteiger partial charge >= 0.3 is 0 Å². The second-order valence-electron chi connectivity index (χ2n) is 6.49. The van der Waals surface area contributed by atoms with Crippen molar-refractivity contribution in [1.29, 1.82) is 0 Å². The molecular weight excluding hydrogens is 284 g/mol. The van der Waals surface area contributed by atoms with Crippen LogP contribution in [0.15, 0.2) is 48.5 Å². The molecule has 1 aliphatic rings. The smallest absolute Gasteiger partial charge is 0.254 e. The highest BCUT2D eigenvalue weighted by Gasteiger charge is 2.30.